The van der Waals surface area contributed by atoms with Gasteiger partial charge in [0, 0.05) is 12.1 Å². The van der Waals surface area contributed by atoms with Crippen LogP contribution in [0.25, 0.3) is 0 Å². The van der Waals surface area contributed by atoms with Crippen LogP contribution in [0.5, 0.6) is 0 Å². The molecule has 3 heteroatoms. The van der Waals surface area contributed by atoms with E-state index in [1.165, 1.54) is 0 Å². The quantitative estimate of drug-likeness (QED) is 0.483. The molecule has 0 spiro atoms. The zero-order chi connectivity index (χ0) is 7.59. The molecule has 3 heterocycles. The predicted octanol–water partition coefficient (Wildman–Crippen LogP) is -0.409. The normalized spacial score (nSPS) is 61.1. The fourth-order valence-corrected chi connectivity index (χ4v) is 2.72. The molecule has 3 fully saturated rings. The van der Waals surface area contributed by atoms with Crippen molar-refractivity contribution >= 4 is 0 Å². The first kappa shape index (κ1) is 6.40. The second-order valence-electron chi connectivity index (χ2n) is 3.99. The molecule has 2 bridgehead atoms. The van der Waals surface area contributed by atoms with Crippen molar-refractivity contribution in [3.05, 3.63) is 0 Å². The van der Waals surface area contributed by atoms with Crippen molar-refractivity contribution in [2.75, 3.05) is 7.05 Å². The third kappa shape index (κ3) is 0.687. The minimum Gasteiger partial charge on any atom is -0.393 e. The number of hydrogen-bond acceptors (Lipinski definition) is 3. The van der Waals surface area contributed by atoms with E-state index in [2.05, 4.69) is 11.9 Å². The molecule has 11 heavy (non-hydrogen) atoms. The molecule has 0 aromatic heterocycles. The summed E-state index contributed by atoms with van der Waals surface area (Å²) in [5.74, 6) is 0. The fourth-order valence-electron chi connectivity index (χ4n) is 2.72. The maximum Gasteiger partial charge on any atom is 0.101 e. The first-order valence-corrected chi connectivity index (χ1v) is 4.33. The zero-order valence-electron chi connectivity index (χ0n) is 6.60. The van der Waals surface area contributed by atoms with E-state index >= 15 is 0 Å². The number of nitrogens with zero attached hydrogens (tertiary/aromatic N) is 1. The smallest absolute Gasteiger partial charge is 0.101 e. The molecule has 0 saturated carbocycles. The van der Waals surface area contributed by atoms with Gasteiger partial charge < -0.3 is 9.84 Å². The Balaban J connectivity index is 1.90. The minimum atomic E-state index is -0.0717. The average Bonchev–Trinajstić information content (AvgIpc) is 2.66. The van der Waals surface area contributed by atoms with Crippen LogP contribution in [0.1, 0.15) is 12.8 Å². The fraction of sp³-hybridized carbons (Fsp3) is 1.00. The Hall–Kier alpha value is -0.120. The van der Waals surface area contributed by atoms with Gasteiger partial charge in [-0.3, -0.25) is 4.90 Å². The molecule has 4 atom stereocenters. The van der Waals surface area contributed by atoms with E-state index in [4.69, 9.17) is 4.74 Å². The lowest BCUT2D eigenvalue weighted by molar-refractivity contribution is 0.00149. The van der Waals surface area contributed by atoms with Crippen molar-refractivity contribution in [1.29, 1.82) is 0 Å². The van der Waals surface area contributed by atoms with Crippen LogP contribution >= 0.6 is 0 Å². The predicted molar refractivity (Wildman–Crippen MR) is 39.2 cm³/mol. The van der Waals surface area contributed by atoms with E-state index < -0.39 is 0 Å². The highest BCUT2D eigenvalue weighted by Crippen LogP contribution is 2.47. The summed E-state index contributed by atoms with van der Waals surface area (Å²) >= 11 is 0. The number of morpholine rings is 1. The van der Waals surface area contributed by atoms with Crippen molar-refractivity contribution < 1.29 is 9.84 Å². The molecule has 3 aliphatic rings. The molecule has 0 aromatic carbocycles. The molecule has 3 aliphatic heterocycles. The number of fused-ring (bicyclic) bond motifs is 5. The van der Waals surface area contributed by atoms with Gasteiger partial charge in [0.25, 0.3) is 0 Å². The number of piperidine rings is 1. The highest BCUT2D eigenvalue weighted by molar-refractivity contribution is 5.13. The molecule has 0 amide bonds. The van der Waals surface area contributed by atoms with Crippen LogP contribution in [0.3, 0.4) is 0 Å². The molecular weight excluding hydrogens is 142 g/mol. The standard InChI is InChI=1S/C8H13NO2/c1-9-5-2-4(10)3-6(9)8-7(5)11-8/h4-8,10H,2-3H2,1H3/t5-,6-,7+,8+/m0/s1. The van der Waals surface area contributed by atoms with E-state index in [9.17, 15) is 5.11 Å². The summed E-state index contributed by atoms with van der Waals surface area (Å²) in [5.41, 5.74) is 0. The van der Waals surface area contributed by atoms with Gasteiger partial charge in [-0.05, 0) is 19.9 Å². The van der Waals surface area contributed by atoms with Gasteiger partial charge in [0.05, 0.1) is 6.10 Å². The summed E-state index contributed by atoms with van der Waals surface area (Å²) in [6, 6.07) is 1.02. The van der Waals surface area contributed by atoms with Crippen LogP contribution in [0.15, 0.2) is 0 Å². The van der Waals surface area contributed by atoms with Crippen LogP contribution in [0.2, 0.25) is 0 Å². The number of aliphatic hydroxyl groups is 1. The molecule has 1 N–H and O–H groups in total. The second kappa shape index (κ2) is 1.79. The molecule has 3 rings (SSSR count). The Kier molecular flexibility index (Phi) is 1.04. The Morgan fingerprint density at radius 1 is 1.27 bits per heavy atom. The SMILES string of the molecule is CN1[C@H]2CC(O)C[C@H]1[C@H]1O[C@@H]12. The van der Waals surface area contributed by atoms with Gasteiger partial charge in [-0.15, -0.1) is 0 Å². The number of epoxide rings is 1. The van der Waals surface area contributed by atoms with E-state index in [1.807, 2.05) is 0 Å². The highest BCUT2D eigenvalue weighted by Gasteiger charge is 2.62. The van der Waals surface area contributed by atoms with Gasteiger partial charge in [0.15, 0.2) is 0 Å². The van der Waals surface area contributed by atoms with Crippen molar-refractivity contribution in [2.45, 2.75) is 43.2 Å². The lowest BCUT2D eigenvalue weighted by atomic mass is 10.00. The van der Waals surface area contributed by atoms with Gasteiger partial charge in [-0.1, -0.05) is 0 Å². The lowest BCUT2D eigenvalue weighted by Crippen LogP contribution is -2.46. The number of rotatable bonds is 0. The third-order valence-corrected chi connectivity index (χ3v) is 3.39. The summed E-state index contributed by atoms with van der Waals surface area (Å²) in [4.78, 5) is 2.38. The maximum atomic E-state index is 9.46. The summed E-state index contributed by atoms with van der Waals surface area (Å²) in [5, 5.41) is 9.46. The molecule has 0 radical (unpaired) electrons. The molecule has 0 unspecified atom stereocenters. The van der Waals surface area contributed by atoms with Crippen molar-refractivity contribution in [3.8, 4) is 0 Å². The summed E-state index contributed by atoms with van der Waals surface area (Å²) in [6.07, 6.45) is 2.67. The van der Waals surface area contributed by atoms with E-state index in [0.717, 1.165) is 12.8 Å². The van der Waals surface area contributed by atoms with E-state index in [1.54, 1.807) is 0 Å². The summed E-state index contributed by atoms with van der Waals surface area (Å²) in [6.45, 7) is 0. The van der Waals surface area contributed by atoms with Crippen LogP contribution in [-0.2, 0) is 4.74 Å². The summed E-state index contributed by atoms with van der Waals surface area (Å²) < 4.78 is 5.49. The number of aliphatic hydroxyl groups excluding tert-OH is 1. The van der Waals surface area contributed by atoms with E-state index in [-0.39, 0.29) is 6.10 Å². The first-order valence-electron chi connectivity index (χ1n) is 4.33. The van der Waals surface area contributed by atoms with Gasteiger partial charge >= 0.3 is 0 Å². The van der Waals surface area contributed by atoms with Crippen molar-refractivity contribution in [2.24, 2.45) is 0 Å². The largest absolute Gasteiger partial charge is 0.393 e. The van der Waals surface area contributed by atoms with E-state index in [0.29, 0.717) is 24.3 Å². The molecule has 0 aromatic rings. The molecule has 62 valence electrons. The summed E-state index contributed by atoms with van der Waals surface area (Å²) in [7, 11) is 2.15. The maximum absolute atomic E-state index is 9.46. The Morgan fingerprint density at radius 2 is 1.82 bits per heavy atom. The topological polar surface area (TPSA) is 36.0 Å². The average molecular weight is 155 g/mol. The number of hydrogen-bond donors (Lipinski definition) is 1. The number of ether oxygens (including phenoxy) is 1. The Labute approximate surface area is 65.9 Å². The Morgan fingerprint density at radius 3 is 2.36 bits per heavy atom. The molecule has 0 aliphatic carbocycles. The van der Waals surface area contributed by atoms with Gasteiger partial charge in [-0.2, -0.15) is 0 Å². The van der Waals surface area contributed by atoms with Crippen LogP contribution in [0, 0.1) is 0 Å². The molecule has 3 nitrogen and oxygen atoms in total. The van der Waals surface area contributed by atoms with Gasteiger partial charge in [-0.25, -0.2) is 0 Å². The minimum absolute atomic E-state index is 0.0717. The van der Waals surface area contributed by atoms with Gasteiger partial charge in [0.2, 0.25) is 0 Å². The van der Waals surface area contributed by atoms with Crippen molar-refractivity contribution in [3.63, 3.8) is 0 Å². The van der Waals surface area contributed by atoms with Crippen LogP contribution < -0.4 is 0 Å². The van der Waals surface area contributed by atoms with Gasteiger partial charge in [0.1, 0.15) is 12.2 Å². The third-order valence-electron chi connectivity index (χ3n) is 3.39. The Bertz CT molecular complexity index is 179. The monoisotopic (exact) mass is 155 g/mol. The lowest BCUT2D eigenvalue weighted by Gasteiger charge is -2.36. The van der Waals surface area contributed by atoms with Crippen molar-refractivity contribution in [1.82, 2.24) is 4.90 Å². The number of likely N-dealkylation sites (N-methyl/N-ethyl adjacent to an activating group) is 1. The molecular formula is C8H13NO2. The molecule has 3 saturated heterocycles. The van der Waals surface area contributed by atoms with Crippen LogP contribution in [-0.4, -0.2) is 47.4 Å². The highest BCUT2D eigenvalue weighted by atomic mass is 16.6. The zero-order valence-corrected chi connectivity index (χ0v) is 6.60. The second-order valence-corrected chi connectivity index (χ2v) is 3.99. The first-order chi connectivity index (χ1) is 5.27. The van der Waals surface area contributed by atoms with Crippen LogP contribution in [0.4, 0.5) is 0 Å².